The van der Waals surface area contributed by atoms with Crippen LogP contribution >= 0.6 is 0 Å². The summed E-state index contributed by atoms with van der Waals surface area (Å²) in [5.74, 6) is -1.18. The molecule has 170 valence electrons. The van der Waals surface area contributed by atoms with Crippen LogP contribution in [0.15, 0.2) is 24.3 Å². The van der Waals surface area contributed by atoms with Gasteiger partial charge in [-0.2, -0.15) is 0 Å². The fourth-order valence-corrected chi connectivity index (χ4v) is 3.78. The number of nitrogens with one attached hydrogen (secondary N) is 1. The van der Waals surface area contributed by atoms with Crippen LogP contribution in [0.1, 0.15) is 91.8 Å². The molecule has 1 aromatic rings. The van der Waals surface area contributed by atoms with Crippen LogP contribution in [0, 0.1) is 0 Å². The second kappa shape index (κ2) is 13.6. The number of carbonyl (C=O) groups excluding carboxylic acids is 4. The Kier molecular flexibility index (Phi) is 10.8. The zero-order valence-corrected chi connectivity index (χ0v) is 18.4. The van der Waals surface area contributed by atoms with E-state index in [4.69, 9.17) is 4.74 Å². The molecular weight excluding hydrogens is 396 g/mol. The van der Waals surface area contributed by atoms with Crippen molar-refractivity contribution in [2.45, 2.75) is 77.2 Å². The van der Waals surface area contributed by atoms with E-state index in [1.54, 1.807) is 24.3 Å². The molecule has 0 radical (unpaired) electrons. The molecular formula is C24H34N2O5. The van der Waals surface area contributed by atoms with Crippen molar-refractivity contribution in [3.8, 4) is 0 Å². The van der Waals surface area contributed by atoms with Crippen LogP contribution in [0.5, 0.6) is 0 Å². The third-order valence-electron chi connectivity index (χ3n) is 5.58. The summed E-state index contributed by atoms with van der Waals surface area (Å²) in [4.78, 5) is 49.1. The van der Waals surface area contributed by atoms with Gasteiger partial charge in [0.05, 0.1) is 11.1 Å². The number of imide groups is 1. The number of hydrogen-bond acceptors (Lipinski definition) is 5. The molecule has 0 saturated heterocycles. The minimum Gasteiger partial charge on any atom is -0.454 e. The van der Waals surface area contributed by atoms with E-state index in [1.807, 2.05) is 0 Å². The molecule has 3 amide bonds. The standard InChI is InChI=1S/C24H34N2O5/c1-2-3-4-5-6-7-8-9-12-16-25-22(28)21(31-18-27)15-17-26-23(29)19-13-10-11-14-20(19)24(26)30/h10-11,13-14,18,21H,2-9,12,15-17H2,1H3,(H,25,28). The number of unbranched alkanes of at least 4 members (excludes halogenated alkanes) is 8. The Bertz CT molecular complexity index is 714. The molecule has 1 N–H and O–H groups in total. The molecule has 1 aliphatic rings. The van der Waals surface area contributed by atoms with Gasteiger partial charge in [0.2, 0.25) is 0 Å². The summed E-state index contributed by atoms with van der Waals surface area (Å²) < 4.78 is 4.91. The van der Waals surface area contributed by atoms with Crippen molar-refractivity contribution >= 4 is 24.2 Å². The predicted octanol–water partition coefficient (Wildman–Crippen LogP) is 3.86. The van der Waals surface area contributed by atoms with Crippen LogP contribution < -0.4 is 5.32 Å². The zero-order valence-electron chi connectivity index (χ0n) is 18.4. The Balaban J connectivity index is 1.67. The van der Waals surface area contributed by atoms with Crippen molar-refractivity contribution in [2.24, 2.45) is 0 Å². The van der Waals surface area contributed by atoms with Gasteiger partial charge in [-0.25, -0.2) is 0 Å². The maximum atomic E-state index is 12.4. The summed E-state index contributed by atoms with van der Waals surface area (Å²) in [6, 6.07) is 6.61. The minimum atomic E-state index is -1.03. The third-order valence-corrected chi connectivity index (χ3v) is 5.58. The highest BCUT2D eigenvalue weighted by atomic mass is 16.5. The van der Waals surface area contributed by atoms with Gasteiger partial charge in [0.1, 0.15) is 0 Å². The summed E-state index contributed by atoms with van der Waals surface area (Å²) in [5.41, 5.74) is 0.713. The molecule has 0 spiro atoms. The number of benzene rings is 1. The zero-order chi connectivity index (χ0) is 22.5. The molecule has 1 aliphatic heterocycles. The second-order valence-corrected chi connectivity index (χ2v) is 7.94. The Morgan fingerprint density at radius 1 is 0.968 bits per heavy atom. The van der Waals surface area contributed by atoms with Gasteiger partial charge in [-0.05, 0) is 18.6 Å². The summed E-state index contributed by atoms with van der Waals surface area (Å²) >= 11 is 0. The molecule has 1 aromatic carbocycles. The normalized spacial score (nSPS) is 13.8. The molecule has 0 saturated carbocycles. The van der Waals surface area contributed by atoms with Crippen molar-refractivity contribution in [1.29, 1.82) is 0 Å². The maximum absolute atomic E-state index is 12.4. The molecule has 7 heteroatoms. The molecule has 1 heterocycles. The van der Waals surface area contributed by atoms with Crippen LogP contribution in [0.4, 0.5) is 0 Å². The van der Waals surface area contributed by atoms with Gasteiger partial charge in [0.15, 0.2) is 6.10 Å². The van der Waals surface area contributed by atoms with E-state index >= 15 is 0 Å². The van der Waals surface area contributed by atoms with Gasteiger partial charge in [0, 0.05) is 19.5 Å². The molecule has 1 atom stereocenters. The van der Waals surface area contributed by atoms with Crippen molar-refractivity contribution in [1.82, 2.24) is 10.2 Å². The fraction of sp³-hybridized carbons (Fsp3) is 0.583. The predicted molar refractivity (Wildman–Crippen MR) is 118 cm³/mol. The van der Waals surface area contributed by atoms with E-state index in [9.17, 15) is 19.2 Å². The monoisotopic (exact) mass is 430 g/mol. The number of fused-ring (bicyclic) bond motifs is 1. The van der Waals surface area contributed by atoms with Crippen LogP contribution in [0.2, 0.25) is 0 Å². The maximum Gasteiger partial charge on any atom is 0.293 e. The average molecular weight is 431 g/mol. The van der Waals surface area contributed by atoms with E-state index in [0.717, 1.165) is 24.2 Å². The topological polar surface area (TPSA) is 92.8 Å². The van der Waals surface area contributed by atoms with E-state index in [-0.39, 0.29) is 31.3 Å². The summed E-state index contributed by atoms with van der Waals surface area (Å²) in [6.45, 7) is 2.96. The number of amides is 3. The van der Waals surface area contributed by atoms with Crippen molar-refractivity contribution in [2.75, 3.05) is 13.1 Å². The van der Waals surface area contributed by atoms with Gasteiger partial charge in [0.25, 0.3) is 24.2 Å². The lowest BCUT2D eigenvalue weighted by molar-refractivity contribution is -0.145. The van der Waals surface area contributed by atoms with Crippen molar-refractivity contribution in [3.05, 3.63) is 35.4 Å². The number of rotatable bonds is 16. The fourth-order valence-electron chi connectivity index (χ4n) is 3.78. The molecule has 0 bridgehead atoms. The lowest BCUT2D eigenvalue weighted by atomic mass is 10.1. The third kappa shape index (κ3) is 7.49. The minimum absolute atomic E-state index is 0.0102. The van der Waals surface area contributed by atoms with Crippen LogP contribution in [0.25, 0.3) is 0 Å². The molecule has 31 heavy (non-hydrogen) atoms. The van der Waals surface area contributed by atoms with Crippen LogP contribution in [-0.4, -0.2) is 48.3 Å². The van der Waals surface area contributed by atoms with Crippen LogP contribution in [-0.2, 0) is 14.3 Å². The highest BCUT2D eigenvalue weighted by Gasteiger charge is 2.35. The summed E-state index contributed by atoms with van der Waals surface area (Å²) in [7, 11) is 0. The highest BCUT2D eigenvalue weighted by Crippen LogP contribution is 2.22. The Morgan fingerprint density at radius 3 is 2.06 bits per heavy atom. The molecule has 1 unspecified atom stereocenters. The average Bonchev–Trinajstić information content (AvgIpc) is 3.02. The smallest absolute Gasteiger partial charge is 0.293 e. The lowest BCUT2D eigenvalue weighted by Crippen LogP contribution is -2.40. The highest BCUT2D eigenvalue weighted by molar-refractivity contribution is 6.21. The molecule has 0 aromatic heterocycles. The number of hydrogen-bond donors (Lipinski definition) is 1. The van der Waals surface area contributed by atoms with Gasteiger partial charge in [-0.15, -0.1) is 0 Å². The van der Waals surface area contributed by atoms with Gasteiger partial charge in [-0.3, -0.25) is 24.1 Å². The number of ether oxygens (including phenoxy) is 1. The number of carbonyl (C=O) groups is 4. The Labute approximate surface area is 184 Å². The largest absolute Gasteiger partial charge is 0.454 e. The van der Waals surface area contributed by atoms with E-state index < -0.39 is 12.0 Å². The molecule has 0 fully saturated rings. The quantitative estimate of drug-likeness (QED) is 0.244. The van der Waals surface area contributed by atoms with Gasteiger partial charge in [-0.1, -0.05) is 70.4 Å². The Hall–Kier alpha value is -2.70. The molecule has 0 aliphatic carbocycles. The Morgan fingerprint density at radius 2 is 1.52 bits per heavy atom. The van der Waals surface area contributed by atoms with E-state index in [2.05, 4.69) is 12.2 Å². The first-order valence-corrected chi connectivity index (χ1v) is 11.4. The van der Waals surface area contributed by atoms with E-state index in [1.165, 1.54) is 38.5 Å². The SMILES string of the molecule is CCCCCCCCCCCNC(=O)C(CCN1C(=O)c2ccccc2C1=O)OC=O. The van der Waals surface area contributed by atoms with Crippen molar-refractivity contribution in [3.63, 3.8) is 0 Å². The van der Waals surface area contributed by atoms with Gasteiger partial charge < -0.3 is 10.1 Å². The second-order valence-electron chi connectivity index (χ2n) is 7.94. The first-order chi connectivity index (χ1) is 15.1. The molecule has 7 nitrogen and oxygen atoms in total. The molecule has 2 rings (SSSR count). The summed E-state index contributed by atoms with van der Waals surface area (Å²) in [5, 5.41) is 2.79. The van der Waals surface area contributed by atoms with Crippen LogP contribution in [0.3, 0.4) is 0 Å². The summed E-state index contributed by atoms with van der Waals surface area (Å²) in [6.07, 6.45) is 9.75. The lowest BCUT2D eigenvalue weighted by Gasteiger charge is -2.19. The first-order valence-electron chi connectivity index (χ1n) is 11.4. The van der Waals surface area contributed by atoms with Crippen molar-refractivity contribution < 1.29 is 23.9 Å². The number of nitrogens with zero attached hydrogens (tertiary/aromatic N) is 1. The van der Waals surface area contributed by atoms with E-state index in [0.29, 0.717) is 17.7 Å². The first kappa shape index (κ1) is 24.6. The van der Waals surface area contributed by atoms with Gasteiger partial charge >= 0.3 is 0 Å².